The molecule has 0 aromatic heterocycles. The number of carbonyl (C=O) groups is 2. The van der Waals surface area contributed by atoms with E-state index in [9.17, 15) is 95.3 Å². The van der Waals surface area contributed by atoms with Gasteiger partial charge in [-0.25, -0.2) is 9.59 Å². The SMILES string of the molecule is COC(=O)C(F)(F)SOO[O-].O=C(OC(CC(O)(C(F)(F)F)C(F)(F)F)C1CCCCC1)C(F)(F)SOO[O-].OC(CC(O)(C(F)(F)F)C(F)(F)F)C1CCCCC1.c1ccc([S+](c2ccccc2)c2ccccc2)cc1.c1ccc([S+](c2ccccc2)c2ccccc2)cc1. The van der Waals surface area contributed by atoms with Crippen LogP contribution in [0.15, 0.2) is 211 Å². The van der Waals surface area contributed by atoms with Crippen LogP contribution in [0.5, 0.6) is 0 Å². The average Bonchev–Trinajstić information content (AvgIpc) is 0.773. The minimum Gasteiger partial charge on any atom is -0.691 e. The molecule has 0 saturated heterocycles. The summed E-state index contributed by atoms with van der Waals surface area (Å²) in [7, 11) is 0.743. The van der Waals surface area contributed by atoms with Gasteiger partial charge in [0.25, 0.3) is 11.2 Å². The third kappa shape index (κ3) is 24.9. The van der Waals surface area contributed by atoms with Crippen LogP contribution >= 0.6 is 24.1 Å². The number of hydrogen-bond acceptors (Lipinski definition) is 15. The second-order valence-electron chi connectivity index (χ2n) is 20.9. The van der Waals surface area contributed by atoms with E-state index in [1.54, 1.807) is 0 Å². The van der Waals surface area contributed by atoms with Crippen LogP contribution in [0.1, 0.15) is 77.0 Å². The molecule has 2 unspecified atom stereocenters. The van der Waals surface area contributed by atoms with Crippen LogP contribution in [0.3, 0.4) is 0 Å². The number of hydrogen-bond donors (Lipinski definition) is 3. The zero-order valence-corrected chi connectivity index (χ0v) is 53.5. The average molecular weight is 1460 g/mol. The third-order valence-electron chi connectivity index (χ3n) is 14.4. The molecule has 2 saturated carbocycles. The Labute approximate surface area is 555 Å². The number of rotatable bonds is 21. The van der Waals surface area contributed by atoms with Crippen LogP contribution in [-0.2, 0) is 59.6 Å². The monoisotopic (exact) mass is 1460 g/mol. The number of methoxy groups -OCH3 is 1. The van der Waals surface area contributed by atoms with E-state index >= 15 is 0 Å². The van der Waals surface area contributed by atoms with Crippen molar-refractivity contribution in [3.63, 3.8) is 0 Å². The summed E-state index contributed by atoms with van der Waals surface area (Å²) in [4.78, 5) is 29.8. The van der Waals surface area contributed by atoms with Crippen molar-refractivity contribution in [2.75, 3.05) is 7.11 Å². The maximum absolute atomic E-state index is 13.5. The Bertz CT molecular complexity index is 2810. The van der Waals surface area contributed by atoms with Crippen molar-refractivity contribution in [2.24, 2.45) is 11.8 Å². The zero-order valence-electron chi connectivity index (χ0n) is 50.2. The van der Waals surface area contributed by atoms with Crippen LogP contribution in [0, 0.1) is 11.8 Å². The van der Waals surface area contributed by atoms with Crippen molar-refractivity contribution >= 4 is 57.8 Å². The maximum atomic E-state index is 13.5. The van der Waals surface area contributed by atoms with Crippen molar-refractivity contribution in [1.29, 1.82) is 0 Å². The molecule has 3 N–H and O–H groups in total. The van der Waals surface area contributed by atoms with Gasteiger partial charge in [-0.05, 0) is 110 Å². The van der Waals surface area contributed by atoms with Gasteiger partial charge in [0, 0.05) is 12.8 Å². The molecule has 13 nitrogen and oxygen atoms in total. The number of carbonyl (C=O) groups excluding carboxylic acids is 2. The maximum Gasteiger partial charge on any atom is 0.426 e. The normalized spacial score (nSPS) is 15.2. The first kappa shape index (κ1) is 82.6. The molecule has 0 spiro atoms. The van der Waals surface area contributed by atoms with E-state index in [1.807, 2.05) is 0 Å². The molecule has 2 fully saturated rings. The largest absolute Gasteiger partial charge is 0.691 e. The predicted octanol–water partition coefficient (Wildman–Crippen LogP) is 15.6. The van der Waals surface area contributed by atoms with Crippen molar-refractivity contribution in [2.45, 2.75) is 165 Å². The lowest BCUT2D eigenvalue weighted by molar-refractivity contribution is -0.777. The highest BCUT2D eigenvalue weighted by Gasteiger charge is 2.72. The van der Waals surface area contributed by atoms with E-state index in [2.05, 4.69) is 210 Å². The summed E-state index contributed by atoms with van der Waals surface area (Å²) in [5.41, 5.74) is -10.1. The fourth-order valence-corrected chi connectivity index (χ4v) is 14.2. The van der Waals surface area contributed by atoms with Crippen molar-refractivity contribution in [1.82, 2.24) is 0 Å². The summed E-state index contributed by atoms with van der Waals surface area (Å²) >= 11 is -1.88. The molecule has 0 amide bonds. The summed E-state index contributed by atoms with van der Waals surface area (Å²) < 4.78 is 218. The van der Waals surface area contributed by atoms with Gasteiger partial charge >= 0.3 is 47.2 Å². The number of benzene rings is 6. The summed E-state index contributed by atoms with van der Waals surface area (Å²) in [6.07, 6.45) is -28.0. The van der Waals surface area contributed by atoms with E-state index in [1.165, 1.54) is 29.4 Å². The summed E-state index contributed by atoms with van der Waals surface area (Å²) in [5.74, 6) is -6.10. The molecule has 0 aliphatic heterocycles. The van der Waals surface area contributed by atoms with Crippen LogP contribution in [0.25, 0.3) is 0 Å². The molecule has 0 heterocycles. The quantitative estimate of drug-likeness (QED) is 0.0154. The summed E-state index contributed by atoms with van der Waals surface area (Å²) in [6.45, 7) is 0. The fraction of sp³-hybridized carbons (Fsp3) is 0.397. The van der Waals surface area contributed by atoms with Gasteiger partial charge in [0.15, 0.2) is 29.4 Å². The fourth-order valence-electron chi connectivity index (χ4n) is 9.54. The second-order valence-corrected chi connectivity index (χ2v) is 26.6. The molecular formula is C63H64F16O13S4. The first-order chi connectivity index (χ1) is 45.1. The zero-order chi connectivity index (χ0) is 71.4. The molecule has 96 heavy (non-hydrogen) atoms. The topological polar surface area (TPSA) is 196 Å². The molecule has 6 aromatic rings. The molecule has 2 aliphatic rings. The van der Waals surface area contributed by atoms with E-state index in [-0.39, 0.29) is 34.6 Å². The Morgan fingerprint density at radius 1 is 0.427 bits per heavy atom. The molecule has 33 heteroatoms. The lowest BCUT2D eigenvalue weighted by atomic mass is 9.80. The highest BCUT2D eigenvalue weighted by Crippen LogP contribution is 2.50. The first-order valence-electron chi connectivity index (χ1n) is 28.6. The third-order valence-corrected chi connectivity index (χ3v) is 19.8. The van der Waals surface area contributed by atoms with Crippen LogP contribution in [0.2, 0.25) is 0 Å². The smallest absolute Gasteiger partial charge is 0.426 e. The minimum atomic E-state index is -6.21. The molecule has 8 rings (SSSR count). The standard InChI is InChI=1S/2C18H15S.C13H16F8O6S.C11H16F6O2.C3H4F2O5S/c2*1-4-10-16(11-5-1)19(17-12-6-2-7-13-17)18-14-8-3-9-15-18;14-11(15,28-27-26-24)9(22)25-8(7-4-2-1-3-5-7)6-10(23,12(16,17)18)13(19,20)21;12-10(13,14)9(19,11(15,16)17)6-8(18)7-4-2-1-3-5-7;1-8-2(6)3(4,5)11-10-9-7/h2*1-15H;7-8,23-24H,1-6H2;7-8,18-19H,1-6H2;7H,1H3/q2*+1;;;/p-2. The highest BCUT2D eigenvalue weighted by molar-refractivity contribution is 7.97. The predicted molar refractivity (Wildman–Crippen MR) is 317 cm³/mol. The molecule has 2 aliphatic carbocycles. The Morgan fingerprint density at radius 3 is 0.927 bits per heavy atom. The highest BCUT2D eigenvalue weighted by atomic mass is 32.2. The molecule has 2 atom stereocenters. The molecule has 0 radical (unpaired) electrons. The van der Waals surface area contributed by atoms with Gasteiger partial charge in [0.1, 0.15) is 30.2 Å². The molecule has 0 bridgehead atoms. The van der Waals surface area contributed by atoms with Crippen molar-refractivity contribution < 1.29 is 134 Å². The lowest BCUT2D eigenvalue weighted by Crippen LogP contribution is -2.59. The minimum absolute atomic E-state index is 0.00261. The summed E-state index contributed by atoms with van der Waals surface area (Å²) in [5, 5.41) is 43.1. The van der Waals surface area contributed by atoms with Gasteiger partial charge in [0.05, 0.1) is 35.0 Å². The van der Waals surface area contributed by atoms with E-state index in [4.69, 9.17) is 10.4 Å². The van der Waals surface area contributed by atoms with Gasteiger partial charge in [-0.1, -0.05) is 148 Å². The van der Waals surface area contributed by atoms with Crippen LogP contribution in [-0.4, -0.2) is 93.0 Å². The van der Waals surface area contributed by atoms with E-state index in [0.717, 1.165) is 13.5 Å². The van der Waals surface area contributed by atoms with Gasteiger partial charge in [-0.3, -0.25) is 10.1 Å². The molecule has 6 aromatic carbocycles. The molecular weight excluding hydrogens is 1400 g/mol. The second kappa shape index (κ2) is 38.5. The van der Waals surface area contributed by atoms with Gasteiger partial charge in [-0.2, -0.15) is 78.9 Å². The Morgan fingerprint density at radius 2 is 0.677 bits per heavy atom. The summed E-state index contributed by atoms with van der Waals surface area (Å²) in [6, 6.07) is 64.3. The van der Waals surface area contributed by atoms with Gasteiger partial charge < -0.3 is 35.3 Å². The number of ether oxygens (including phenoxy) is 2. The van der Waals surface area contributed by atoms with E-state index < -0.39 is 119 Å². The Kier molecular flexibility index (Phi) is 33.1. The van der Waals surface area contributed by atoms with Crippen LogP contribution < -0.4 is 10.5 Å². The lowest BCUT2D eigenvalue weighted by Gasteiger charge is -2.38. The number of aliphatic hydroxyl groups excluding tert-OH is 1. The Hall–Kier alpha value is -5.82. The number of halogens is 16. The van der Waals surface area contributed by atoms with Crippen LogP contribution in [0.4, 0.5) is 70.2 Å². The van der Waals surface area contributed by atoms with Crippen molar-refractivity contribution in [3.05, 3.63) is 182 Å². The van der Waals surface area contributed by atoms with Gasteiger partial charge in [0.2, 0.25) is 0 Å². The molecule has 530 valence electrons. The Balaban J connectivity index is 0.000000262. The number of aliphatic hydroxyl groups is 3. The van der Waals surface area contributed by atoms with Gasteiger partial charge in [-0.15, -0.1) is 0 Å². The number of alkyl halides is 16. The number of esters is 2. The van der Waals surface area contributed by atoms with Crippen molar-refractivity contribution in [3.8, 4) is 0 Å². The first-order valence-corrected chi connectivity index (χ1v) is 32.5. The van der Waals surface area contributed by atoms with E-state index in [0.29, 0.717) is 44.9 Å².